The van der Waals surface area contributed by atoms with Crippen LogP contribution in [-0.2, 0) is 11.3 Å². The van der Waals surface area contributed by atoms with Gasteiger partial charge in [0.2, 0.25) is 0 Å². The van der Waals surface area contributed by atoms with Crippen LogP contribution in [0.4, 0.5) is 0 Å². The van der Waals surface area contributed by atoms with Gasteiger partial charge in [0.25, 0.3) is 0 Å². The number of rotatable bonds is 7. The number of nitrogens with zero attached hydrogens (tertiary/aromatic N) is 1. The fourth-order valence-electron chi connectivity index (χ4n) is 1.36. The predicted octanol–water partition coefficient (Wildman–Crippen LogP) is 3.22. The van der Waals surface area contributed by atoms with E-state index in [9.17, 15) is 0 Å². The minimum absolute atomic E-state index is 0. The first-order valence-corrected chi connectivity index (χ1v) is 7.68. The SMILES string of the molecule is CCOCCCNC(=NC)NCc1cc(Br)cs1.I. The van der Waals surface area contributed by atoms with Crippen molar-refractivity contribution >= 4 is 57.2 Å². The molecule has 4 nitrogen and oxygen atoms in total. The summed E-state index contributed by atoms with van der Waals surface area (Å²) in [6, 6.07) is 2.11. The highest BCUT2D eigenvalue weighted by molar-refractivity contribution is 14.0. The van der Waals surface area contributed by atoms with Crippen molar-refractivity contribution in [3.8, 4) is 0 Å². The Kier molecular flexibility index (Phi) is 12.0. The van der Waals surface area contributed by atoms with Gasteiger partial charge in [-0.2, -0.15) is 0 Å². The lowest BCUT2D eigenvalue weighted by Gasteiger charge is -2.10. The summed E-state index contributed by atoms with van der Waals surface area (Å²) in [4.78, 5) is 5.45. The van der Waals surface area contributed by atoms with Gasteiger partial charge in [0.05, 0.1) is 6.54 Å². The molecule has 0 unspecified atom stereocenters. The van der Waals surface area contributed by atoms with Crippen LogP contribution in [0.2, 0.25) is 0 Å². The van der Waals surface area contributed by atoms with E-state index in [1.807, 2.05) is 6.92 Å². The fraction of sp³-hybridized carbons (Fsp3) is 0.583. The van der Waals surface area contributed by atoms with Crippen LogP contribution in [0, 0.1) is 0 Å². The molecule has 0 aliphatic heterocycles. The third-order valence-electron chi connectivity index (χ3n) is 2.24. The maximum absolute atomic E-state index is 5.28. The Bertz CT molecular complexity index is 374. The van der Waals surface area contributed by atoms with Gasteiger partial charge in [-0.1, -0.05) is 0 Å². The van der Waals surface area contributed by atoms with Crippen LogP contribution in [-0.4, -0.2) is 32.8 Å². The molecule has 1 aromatic rings. The number of hydrogen-bond acceptors (Lipinski definition) is 3. The van der Waals surface area contributed by atoms with Gasteiger partial charge in [-0.3, -0.25) is 4.99 Å². The van der Waals surface area contributed by atoms with Crippen molar-refractivity contribution in [3.05, 3.63) is 20.8 Å². The number of aliphatic imine (C=N–C) groups is 1. The molecule has 1 heterocycles. The molecule has 0 saturated heterocycles. The number of nitrogens with one attached hydrogen (secondary N) is 2. The Morgan fingerprint density at radius 1 is 1.47 bits per heavy atom. The van der Waals surface area contributed by atoms with Crippen LogP contribution < -0.4 is 10.6 Å². The molecule has 1 rings (SSSR count). The highest BCUT2D eigenvalue weighted by atomic mass is 127. The molecular formula is C12H21BrIN3OS. The first-order valence-electron chi connectivity index (χ1n) is 6.01. The monoisotopic (exact) mass is 461 g/mol. The average Bonchev–Trinajstić information content (AvgIpc) is 2.78. The molecule has 19 heavy (non-hydrogen) atoms. The van der Waals surface area contributed by atoms with Crippen molar-refractivity contribution in [1.82, 2.24) is 10.6 Å². The third-order valence-corrected chi connectivity index (χ3v) is 3.94. The van der Waals surface area contributed by atoms with Crippen molar-refractivity contribution in [2.24, 2.45) is 4.99 Å². The second-order valence-electron chi connectivity index (χ2n) is 3.63. The average molecular weight is 462 g/mol. The third kappa shape index (κ3) is 8.83. The van der Waals surface area contributed by atoms with Crippen LogP contribution in [0.1, 0.15) is 18.2 Å². The second kappa shape index (κ2) is 11.9. The number of guanidine groups is 1. The van der Waals surface area contributed by atoms with Gasteiger partial charge >= 0.3 is 0 Å². The van der Waals surface area contributed by atoms with Gasteiger partial charge in [0, 0.05) is 41.5 Å². The quantitative estimate of drug-likeness (QED) is 0.283. The fourth-order valence-corrected chi connectivity index (χ4v) is 2.75. The highest BCUT2D eigenvalue weighted by Gasteiger charge is 2.00. The van der Waals surface area contributed by atoms with Gasteiger partial charge < -0.3 is 15.4 Å². The lowest BCUT2D eigenvalue weighted by Crippen LogP contribution is -2.37. The normalized spacial score (nSPS) is 11.0. The van der Waals surface area contributed by atoms with Crippen LogP contribution in [0.5, 0.6) is 0 Å². The second-order valence-corrected chi connectivity index (χ2v) is 5.55. The van der Waals surface area contributed by atoms with E-state index in [0.29, 0.717) is 0 Å². The number of ether oxygens (including phenoxy) is 1. The summed E-state index contributed by atoms with van der Waals surface area (Å²) in [6.07, 6.45) is 0.985. The molecule has 0 aliphatic carbocycles. The van der Waals surface area contributed by atoms with E-state index in [1.54, 1.807) is 18.4 Å². The van der Waals surface area contributed by atoms with Gasteiger partial charge in [-0.05, 0) is 35.3 Å². The minimum atomic E-state index is 0. The van der Waals surface area contributed by atoms with E-state index in [-0.39, 0.29) is 24.0 Å². The van der Waals surface area contributed by atoms with Gasteiger partial charge in [-0.15, -0.1) is 35.3 Å². The van der Waals surface area contributed by atoms with Crippen LogP contribution in [0.25, 0.3) is 0 Å². The molecule has 1 aromatic heterocycles. The molecule has 0 atom stereocenters. The molecule has 0 aromatic carbocycles. The first-order chi connectivity index (χ1) is 8.76. The van der Waals surface area contributed by atoms with E-state index < -0.39 is 0 Å². The van der Waals surface area contributed by atoms with Crippen molar-refractivity contribution in [3.63, 3.8) is 0 Å². The van der Waals surface area contributed by atoms with Crippen molar-refractivity contribution in [2.45, 2.75) is 19.9 Å². The molecule has 110 valence electrons. The van der Waals surface area contributed by atoms with Gasteiger partial charge in [-0.25, -0.2) is 0 Å². The summed E-state index contributed by atoms with van der Waals surface area (Å²) in [7, 11) is 1.78. The molecule has 0 spiro atoms. The van der Waals surface area contributed by atoms with E-state index in [0.717, 1.165) is 43.2 Å². The Balaban J connectivity index is 0.00000324. The molecular weight excluding hydrogens is 441 g/mol. The molecule has 0 aliphatic rings. The number of halogens is 2. The molecule has 0 fully saturated rings. The molecule has 0 radical (unpaired) electrons. The summed E-state index contributed by atoms with van der Waals surface area (Å²) in [5, 5.41) is 8.61. The van der Waals surface area contributed by atoms with E-state index in [4.69, 9.17) is 4.74 Å². The maximum atomic E-state index is 5.28. The molecule has 2 N–H and O–H groups in total. The van der Waals surface area contributed by atoms with Crippen LogP contribution >= 0.6 is 51.2 Å². The molecule has 0 saturated carbocycles. The van der Waals surface area contributed by atoms with Crippen LogP contribution in [0.15, 0.2) is 20.9 Å². The zero-order valence-electron chi connectivity index (χ0n) is 11.2. The van der Waals surface area contributed by atoms with Gasteiger partial charge in [0.1, 0.15) is 0 Å². The van der Waals surface area contributed by atoms with E-state index >= 15 is 0 Å². The zero-order chi connectivity index (χ0) is 13.2. The lowest BCUT2D eigenvalue weighted by molar-refractivity contribution is 0.145. The van der Waals surface area contributed by atoms with Crippen molar-refractivity contribution in [2.75, 3.05) is 26.8 Å². The van der Waals surface area contributed by atoms with Crippen molar-refractivity contribution < 1.29 is 4.74 Å². The first kappa shape index (κ1) is 19.1. The Morgan fingerprint density at radius 3 is 2.84 bits per heavy atom. The highest BCUT2D eigenvalue weighted by Crippen LogP contribution is 2.19. The topological polar surface area (TPSA) is 45.6 Å². The largest absolute Gasteiger partial charge is 0.382 e. The zero-order valence-corrected chi connectivity index (χ0v) is 16.0. The Morgan fingerprint density at radius 2 is 2.26 bits per heavy atom. The van der Waals surface area contributed by atoms with Gasteiger partial charge in [0.15, 0.2) is 5.96 Å². The maximum Gasteiger partial charge on any atom is 0.191 e. The minimum Gasteiger partial charge on any atom is -0.382 e. The summed E-state index contributed by atoms with van der Waals surface area (Å²) in [5.41, 5.74) is 0. The molecule has 7 heteroatoms. The predicted molar refractivity (Wildman–Crippen MR) is 96.7 cm³/mol. The smallest absolute Gasteiger partial charge is 0.191 e. The van der Waals surface area contributed by atoms with Crippen LogP contribution in [0.3, 0.4) is 0 Å². The molecule has 0 amide bonds. The Hall–Kier alpha value is 0.140. The standard InChI is InChI=1S/C12H20BrN3OS.HI/c1-3-17-6-4-5-15-12(14-2)16-8-11-7-10(13)9-18-11;/h7,9H,3-6,8H2,1-2H3,(H2,14,15,16);1H. The summed E-state index contributed by atoms with van der Waals surface area (Å²) < 4.78 is 6.41. The molecule has 0 bridgehead atoms. The van der Waals surface area contributed by atoms with Crippen molar-refractivity contribution in [1.29, 1.82) is 0 Å². The number of hydrogen-bond donors (Lipinski definition) is 2. The van der Waals surface area contributed by atoms with E-state index in [2.05, 4.69) is 43.0 Å². The Labute approximate surface area is 144 Å². The summed E-state index contributed by atoms with van der Waals surface area (Å²) in [6.45, 7) is 5.24. The lowest BCUT2D eigenvalue weighted by atomic mass is 10.4. The van der Waals surface area contributed by atoms with E-state index in [1.165, 1.54) is 4.88 Å². The summed E-state index contributed by atoms with van der Waals surface area (Å²) >= 11 is 5.17. The summed E-state index contributed by atoms with van der Waals surface area (Å²) in [5.74, 6) is 0.830. The number of thiophene rings is 1.